The molecule has 120 valence electrons. The molecule has 2 amide bonds. The summed E-state index contributed by atoms with van der Waals surface area (Å²) in [5.74, 6) is 0.352. The molecular weight excluding hydrogens is 284 g/mol. The SMILES string of the molecule is CC1(C)Oc2ccccc2N(CCC(=O)NCCCO)C1=O. The second-order valence-corrected chi connectivity index (χ2v) is 5.71. The molecule has 0 atom stereocenters. The first-order chi connectivity index (χ1) is 10.5. The number of nitrogens with zero attached hydrogens (tertiary/aromatic N) is 1. The Hall–Kier alpha value is -2.08. The normalized spacial score (nSPS) is 16.0. The van der Waals surface area contributed by atoms with Crippen molar-refractivity contribution in [3.05, 3.63) is 24.3 Å². The minimum atomic E-state index is -0.943. The Morgan fingerprint density at radius 1 is 1.36 bits per heavy atom. The highest BCUT2D eigenvalue weighted by atomic mass is 16.5. The average Bonchev–Trinajstić information content (AvgIpc) is 2.48. The van der Waals surface area contributed by atoms with Crippen molar-refractivity contribution in [1.82, 2.24) is 5.32 Å². The molecule has 0 spiro atoms. The fraction of sp³-hybridized carbons (Fsp3) is 0.500. The van der Waals surface area contributed by atoms with Crippen molar-refractivity contribution in [1.29, 1.82) is 0 Å². The van der Waals surface area contributed by atoms with Gasteiger partial charge in [0, 0.05) is 26.1 Å². The summed E-state index contributed by atoms with van der Waals surface area (Å²) < 4.78 is 5.73. The zero-order valence-electron chi connectivity index (χ0n) is 13.0. The summed E-state index contributed by atoms with van der Waals surface area (Å²) in [5.41, 5.74) is -0.253. The van der Waals surface area contributed by atoms with Crippen molar-refractivity contribution >= 4 is 17.5 Å². The highest BCUT2D eigenvalue weighted by molar-refractivity contribution is 6.02. The van der Waals surface area contributed by atoms with E-state index in [9.17, 15) is 9.59 Å². The molecule has 0 saturated carbocycles. The number of rotatable bonds is 6. The van der Waals surface area contributed by atoms with Crippen LogP contribution in [0.3, 0.4) is 0 Å². The van der Waals surface area contributed by atoms with Crippen LogP contribution in [-0.4, -0.2) is 42.2 Å². The maximum atomic E-state index is 12.5. The largest absolute Gasteiger partial charge is 0.476 e. The van der Waals surface area contributed by atoms with Gasteiger partial charge in [0.05, 0.1) is 5.69 Å². The number of carbonyl (C=O) groups is 2. The van der Waals surface area contributed by atoms with Gasteiger partial charge in [0.25, 0.3) is 5.91 Å². The number of aliphatic hydroxyl groups excluding tert-OH is 1. The van der Waals surface area contributed by atoms with Crippen LogP contribution in [0.1, 0.15) is 26.7 Å². The fourth-order valence-electron chi connectivity index (χ4n) is 2.35. The third-order valence-corrected chi connectivity index (χ3v) is 3.50. The minimum Gasteiger partial charge on any atom is -0.476 e. The Labute approximate surface area is 130 Å². The van der Waals surface area contributed by atoms with Gasteiger partial charge < -0.3 is 20.1 Å². The number of hydrogen-bond acceptors (Lipinski definition) is 4. The van der Waals surface area contributed by atoms with E-state index in [0.29, 0.717) is 30.9 Å². The summed E-state index contributed by atoms with van der Waals surface area (Å²) in [6.07, 6.45) is 0.736. The van der Waals surface area contributed by atoms with Crippen molar-refractivity contribution in [3.8, 4) is 5.75 Å². The molecule has 1 aromatic rings. The van der Waals surface area contributed by atoms with Gasteiger partial charge in [-0.2, -0.15) is 0 Å². The van der Waals surface area contributed by atoms with E-state index in [2.05, 4.69) is 5.32 Å². The lowest BCUT2D eigenvalue weighted by Gasteiger charge is -2.38. The van der Waals surface area contributed by atoms with E-state index in [1.165, 1.54) is 0 Å². The van der Waals surface area contributed by atoms with Crippen LogP contribution in [-0.2, 0) is 9.59 Å². The van der Waals surface area contributed by atoms with Crippen LogP contribution in [0.4, 0.5) is 5.69 Å². The van der Waals surface area contributed by atoms with E-state index in [0.717, 1.165) is 0 Å². The number of amides is 2. The van der Waals surface area contributed by atoms with Gasteiger partial charge in [0.1, 0.15) is 5.75 Å². The van der Waals surface area contributed by atoms with Crippen molar-refractivity contribution < 1.29 is 19.4 Å². The molecule has 1 aromatic carbocycles. The number of anilines is 1. The van der Waals surface area contributed by atoms with Crippen molar-refractivity contribution in [3.63, 3.8) is 0 Å². The second-order valence-electron chi connectivity index (χ2n) is 5.71. The van der Waals surface area contributed by atoms with Crippen LogP contribution in [0.2, 0.25) is 0 Å². The summed E-state index contributed by atoms with van der Waals surface area (Å²) in [6, 6.07) is 7.32. The van der Waals surface area contributed by atoms with Gasteiger partial charge in [-0.25, -0.2) is 0 Å². The number of nitrogens with one attached hydrogen (secondary N) is 1. The average molecular weight is 306 g/mol. The lowest BCUT2D eigenvalue weighted by atomic mass is 10.0. The molecule has 0 aromatic heterocycles. The van der Waals surface area contributed by atoms with Gasteiger partial charge in [-0.15, -0.1) is 0 Å². The van der Waals surface area contributed by atoms with Gasteiger partial charge in [-0.1, -0.05) is 12.1 Å². The predicted molar refractivity (Wildman–Crippen MR) is 82.8 cm³/mol. The Bertz CT molecular complexity index is 557. The number of ether oxygens (including phenoxy) is 1. The van der Waals surface area contributed by atoms with Crippen LogP contribution in [0, 0.1) is 0 Å². The quantitative estimate of drug-likeness (QED) is 0.771. The van der Waals surface area contributed by atoms with Crippen LogP contribution < -0.4 is 15.0 Å². The smallest absolute Gasteiger partial charge is 0.270 e. The molecular formula is C16H22N2O4. The highest BCUT2D eigenvalue weighted by Gasteiger charge is 2.40. The fourth-order valence-corrected chi connectivity index (χ4v) is 2.35. The van der Waals surface area contributed by atoms with E-state index >= 15 is 0 Å². The summed E-state index contributed by atoms with van der Waals surface area (Å²) in [7, 11) is 0. The van der Waals surface area contributed by atoms with E-state index in [1.807, 2.05) is 24.3 Å². The molecule has 6 nitrogen and oxygen atoms in total. The molecule has 0 unspecified atom stereocenters. The number of carbonyl (C=O) groups excluding carboxylic acids is 2. The van der Waals surface area contributed by atoms with E-state index < -0.39 is 5.60 Å². The van der Waals surface area contributed by atoms with Gasteiger partial charge in [-0.05, 0) is 32.4 Å². The number of benzene rings is 1. The van der Waals surface area contributed by atoms with Gasteiger partial charge in [-0.3, -0.25) is 9.59 Å². The minimum absolute atomic E-state index is 0.0454. The molecule has 6 heteroatoms. The van der Waals surface area contributed by atoms with Crippen LogP contribution >= 0.6 is 0 Å². The van der Waals surface area contributed by atoms with Crippen LogP contribution in [0.15, 0.2) is 24.3 Å². The van der Waals surface area contributed by atoms with Crippen molar-refractivity contribution in [2.45, 2.75) is 32.3 Å². The zero-order valence-corrected chi connectivity index (χ0v) is 13.0. The Kier molecular flexibility index (Phi) is 5.03. The highest BCUT2D eigenvalue weighted by Crippen LogP contribution is 2.37. The van der Waals surface area contributed by atoms with Gasteiger partial charge >= 0.3 is 0 Å². The second kappa shape index (κ2) is 6.79. The topological polar surface area (TPSA) is 78.9 Å². The lowest BCUT2D eigenvalue weighted by molar-refractivity contribution is -0.132. The first kappa shape index (κ1) is 16.3. The molecule has 0 saturated heterocycles. The zero-order chi connectivity index (χ0) is 16.2. The van der Waals surface area contributed by atoms with Crippen LogP contribution in [0.5, 0.6) is 5.75 Å². The Morgan fingerprint density at radius 3 is 2.82 bits per heavy atom. The molecule has 2 rings (SSSR count). The number of hydrogen-bond donors (Lipinski definition) is 2. The molecule has 1 heterocycles. The first-order valence-electron chi connectivity index (χ1n) is 7.43. The summed E-state index contributed by atoms with van der Waals surface area (Å²) in [4.78, 5) is 25.9. The van der Waals surface area contributed by atoms with Crippen LogP contribution in [0.25, 0.3) is 0 Å². The van der Waals surface area contributed by atoms with E-state index in [-0.39, 0.29) is 24.8 Å². The molecule has 1 aliphatic heterocycles. The maximum absolute atomic E-state index is 12.5. The predicted octanol–water partition coefficient (Wildman–Crippen LogP) is 1.08. The summed E-state index contributed by atoms with van der Waals surface area (Å²) >= 11 is 0. The monoisotopic (exact) mass is 306 g/mol. The molecule has 0 bridgehead atoms. The van der Waals surface area contributed by atoms with E-state index in [1.54, 1.807) is 18.7 Å². The molecule has 0 fully saturated rings. The molecule has 2 N–H and O–H groups in total. The van der Waals surface area contributed by atoms with Crippen molar-refractivity contribution in [2.75, 3.05) is 24.6 Å². The lowest BCUT2D eigenvalue weighted by Crippen LogP contribution is -2.53. The molecule has 22 heavy (non-hydrogen) atoms. The maximum Gasteiger partial charge on any atom is 0.270 e. The first-order valence-corrected chi connectivity index (χ1v) is 7.43. The number of para-hydroxylation sites is 2. The van der Waals surface area contributed by atoms with Crippen molar-refractivity contribution in [2.24, 2.45) is 0 Å². The number of fused-ring (bicyclic) bond motifs is 1. The third-order valence-electron chi connectivity index (χ3n) is 3.50. The Morgan fingerprint density at radius 2 is 2.09 bits per heavy atom. The van der Waals surface area contributed by atoms with Gasteiger partial charge in [0.2, 0.25) is 5.91 Å². The van der Waals surface area contributed by atoms with E-state index in [4.69, 9.17) is 9.84 Å². The molecule has 0 aliphatic carbocycles. The number of aliphatic hydroxyl groups is 1. The van der Waals surface area contributed by atoms with Gasteiger partial charge in [0.15, 0.2) is 5.60 Å². The Balaban J connectivity index is 2.05. The third kappa shape index (κ3) is 3.57. The summed E-state index contributed by atoms with van der Waals surface area (Å²) in [5, 5.41) is 11.4. The standard InChI is InChI=1S/C16H22N2O4/c1-16(2)15(21)18(10-8-14(20)17-9-5-11-19)12-6-3-4-7-13(12)22-16/h3-4,6-7,19H,5,8-11H2,1-2H3,(H,17,20). The molecule has 1 aliphatic rings. The molecule has 0 radical (unpaired) electrons. The summed E-state index contributed by atoms with van der Waals surface area (Å²) in [6.45, 7) is 4.23.